The van der Waals surface area contributed by atoms with Crippen LogP contribution in [-0.4, -0.2) is 271 Å². The molecule has 3 aromatic carbocycles. The number of benzene rings is 3. The third kappa shape index (κ3) is 31.1. The Kier molecular flexibility index (Phi) is 41.8. The molecule has 0 aliphatic carbocycles. The van der Waals surface area contributed by atoms with E-state index in [9.17, 15) is 38.4 Å². The van der Waals surface area contributed by atoms with Crippen LogP contribution in [0.3, 0.4) is 0 Å². The number of thiazole rings is 1. The maximum atomic E-state index is 15.3. The fourth-order valence-corrected chi connectivity index (χ4v) is 23.1. The highest BCUT2D eigenvalue weighted by Crippen LogP contribution is 2.43. The van der Waals surface area contributed by atoms with Crippen LogP contribution in [0.25, 0.3) is 20.4 Å². The molecule has 8 aromatic rings. The number of fused-ring (bicyclic) bond motifs is 7. The van der Waals surface area contributed by atoms with Crippen LogP contribution in [0.2, 0.25) is 10.0 Å². The first kappa shape index (κ1) is 111. The molecule has 0 saturated carbocycles. The van der Waals surface area contributed by atoms with Crippen molar-refractivity contribution in [2.24, 2.45) is 20.8 Å². The van der Waals surface area contributed by atoms with Crippen molar-refractivity contribution < 1.29 is 81.0 Å². The fourth-order valence-electron chi connectivity index (χ4n) is 18.1. The van der Waals surface area contributed by atoms with Gasteiger partial charge in [0.05, 0.1) is 151 Å². The Morgan fingerprint density at radius 2 is 1.01 bits per heavy atom. The van der Waals surface area contributed by atoms with Crippen molar-refractivity contribution in [1.82, 2.24) is 81.9 Å². The van der Waals surface area contributed by atoms with Crippen molar-refractivity contribution in [2.45, 2.75) is 239 Å². The van der Waals surface area contributed by atoms with Gasteiger partial charge in [-0.15, -0.1) is 54.4 Å². The molecular formula is C103H138Cl2N18O17S4. The van der Waals surface area contributed by atoms with Gasteiger partial charge in [0.2, 0.25) is 41.4 Å². The Bertz CT molecular complexity index is 5550. The largest absolute Gasteiger partial charge is 0.460 e. The number of unbranched alkanes of at least 4 members (excludes halogenated alkanes) is 6. The molecule has 9 atom stereocenters. The lowest BCUT2D eigenvalue weighted by molar-refractivity contribution is -0.150. The molecule has 8 N–H and O–H groups in total. The molecule has 144 heavy (non-hydrogen) atoms. The van der Waals surface area contributed by atoms with Gasteiger partial charge in [-0.3, -0.25) is 57.5 Å². The predicted octanol–water partition coefficient (Wildman–Crippen LogP) is 13.6. The third-order valence-corrected chi connectivity index (χ3v) is 31.5. The summed E-state index contributed by atoms with van der Waals surface area (Å²) >= 11 is 19.4. The van der Waals surface area contributed by atoms with Crippen LogP contribution in [0.5, 0.6) is 0 Å². The molecule has 41 heteroatoms. The van der Waals surface area contributed by atoms with Gasteiger partial charge < -0.3 is 85.3 Å². The van der Waals surface area contributed by atoms with Gasteiger partial charge >= 0.3 is 12.0 Å². The minimum absolute atomic E-state index is 0.00795. The number of thiophene rings is 2. The molecule has 9 amide bonds. The minimum Gasteiger partial charge on any atom is -0.460 e. The van der Waals surface area contributed by atoms with Gasteiger partial charge in [-0.2, -0.15) is 11.8 Å². The monoisotopic (exact) mass is 2100 g/mol. The van der Waals surface area contributed by atoms with Crippen molar-refractivity contribution in [3.63, 3.8) is 0 Å². The van der Waals surface area contributed by atoms with Crippen molar-refractivity contribution in [2.75, 3.05) is 131 Å². The summed E-state index contributed by atoms with van der Waals surface area (Å²) in [6.45, 7) is 26.7. The van der Waals surface area contributed by atoms with Gasteiger partial charge in [-0.25, -0.2) is 9.78 Å². The molecule has 10 heterocycles. The molecule has 5 aromatic heterocycles. The van der Waals surface area contributed by atoms with Gasteiger partial charge in [0.25, 0.3) is 0 Å². The lowest BCUT2D eigenvalue weighted by Crippen LogP contribution is -2.58. The summed E-state index contributed by atoms with van der Waals surface area (Å²) in [6, 6.07) is 19.2. The molecule has 3 saturated heterocycles. The van der Waals surface area contributed by atoms with E-state index in [-0.39, 0.29) is 173 Å². The molecule has 0 bridgehead atoms. The highest BCUT2D eigenvalue weighted by molar-refractivity contribution is 8.00. The molecule has 0 radical (unpaired) electrons. The van der Waals surface area contributed by atoms with Gasteiger partial charge in [-0.1, -0.05) is 119 Å². The lowest BCUT2D eigenvalue weighted by atomic mass is 9.85. The highest BCUT2D eigenvalue weighted by Gasteiger charge is 2.48. The Hall–Kier alpha value is -10.0. The van der Waals surface area contributed by atoms with Gasteiger partial charge in [0, 0.05) is 110 Å². The molecule has 3 fully saturated rings. The normalized spacial score (nSPS) is 17.8. The number of likely N-dealkylation sites (tertiary alicyclic amines) is 1. The van der Waals surface area contributed by atoms with Gasteiger partial charge in [-0.05, 0) is 152 Å². The molecule has 13 rings (SSSR count). The SMILES string of the molecule is Cc1ncsc1-c1ccc([C@H](C)NC(=O)[C@@H]2C[C@@H](OC(=O)CCCCCCC(=O)NCCCCCNC(=O)CCCC[C@@H]3SC[C@@H]4NC(=O)N[C@@H]43)CN2C(=O)C(NC(=O)COCC(C)(COCCOCCOCCNC(=O)C[C@@H]2N=C(c3ccc(Cl)cc3)c3c(sc(C)c3C)-n3c(C)nnc32)COCCOCCOCCNC(=O)C[C@@H]2N=C(c3ccc(Cl)cc3)c3c(sc(C)c3C)-n3c(C)nnc32)C(C)(C)C)cc1. The summed E-state index contributed by atoms with van der Waals surface area (Å²) in [5, 5.41) is 45.4. The number of nitrogens with one attached hydrogen (secondary N) is 8. The van der Waals surface area contributed by atoms with Gasteiger partial charge in [0.15, 0.2) is 11.6 Å². The summed E-state index contributed by atoms with van der Waals surface area (Å²) in [7, 11) is 0. The van der Waals surface area contributed by atoms with E-state index < -0.39 is 77.4 Å². The average molecular weight is 2100 g/mol. The number of aryl methyl sites for hydroxylation is 5. The van der Waals surface area contributed by atoms with Crippen LogP contribution in [0.15, 0.2) is 88.3 Å². The predicted molar refractivity (Wildman–Crippen MR) is 557 cm³/mol. The van der Waals surface area contributed by atoms with E-state index in [1.165, 1.54) is 16.2 Å². The van der Waals surface area contributed by atoms with Crippen LogP contribution >= 0.6 is 69.0 Å². The number of hydrogen-bond acceptors (Lipinski definition) is 28. The van der Waals surface area contributed by atoms with E-state index in [4.69, 9.17) is 71.1 Å². The number of aliphatic imine (C=N–C) groups is 2. The number of thioether (sulfide) groups is 1. The Morgan fingerprint density at radius 3 is 1.52 bits per heavy atom. The van der Waals surface area contributed by atoms with E-state index in [1.807, 2.05) is 149 Å². The zero-order valence-corrected chi connectivity index (χ0v) is 89.2. The molecule has 780 valence electrons. The number of urea groups is 1. The highest BCUT2D eigenvalue weighted by atomic mass is 35.5. The smallest absolute Gasteiger partial charge is 0.315 e. The number of esters is 1. The standard InChI is InChI=1S/C103H138Cl2N18O17S4/c1-62-66(5)143-99-88(62)90(71-30-34-74(104)35-31-71)112-77(95-119-117-68(7)122(95)99)53-84(126)108-40-42-133-44-46-135-48-50-137-58-103(12,59-138-51-49-136-47-45-134-43-41-109-85(127)54-78-96-120-118-69(8)123(96)100-89(63(2)67(6)144-100)91(113-78)72-32-36-75(105)37-33-72)60-139-56-86(128)115-94(102(9,10)11)98(131)121-55-76(52-80(121)97(130)111-64(3)70-26-28-73(29-27-70)93-65(4)110-61-142-93)140-87(129)25-17-14-13-16-23-82(124)106-38-20-15-21-39-107-83(125)24-19-18-22-81-92-79(57-141-81)114-101(132)116-92/h26-37,61,64,76-81,92,94H,13-25,38-60H2,1-12H3,(H,106,124)(H,107,125)(H,108,126)(H,109,127)(H,111,130)(H,115,128)(H2,114,116,132)/t64-,76+,77-,78-,79-,80-,81-,92-,94?/m0/s1. The number of nitrogens with zero attached hydrogens (tertiary/aromatic N) is 10. The Morgan fingerprint density at radius 1 is 0.528 bits per heavy atom. The number of hydrogen-bond donors (Lipinski definition) is 8. The Balaban J connectivity index is 0.560. The summed E-state index contributed by atoms with van der Waals surface area (Å²) in [5.41, 5.74) is 10.1. The van der Waals surface area contributed by atoms with E-state index in [2.05, 4.69) is 95.6 Å². The first-order valence-electron chi connectivity index (χ1n) is 49.9. The Labute approximate surface area is 868 Å². The van der Waals surface area contributed by atoms with E-state index in [0.717, 1.165) is 131 Å². The number of amides is 9. The maximum absolute atomic E-state index is 15.3. The van der Waals surface area contributed by atoms with Crippen molar-refractivity contribution in [3.8, 4) is 20.4 Å². The molecule has 35 nitrogen and oxygen atoms in total. The van der Waals surface area contributed by atoms with Crippen LogP contribution in [0.1, 0.15) is 233 Å². The van der Waals surface area contributed by atoms with Crippen LogP contribution in [0, 0.1) is 59.3 Å². The fraction of sp³-hybridized carbons (Fsp3) is 0.573. The molecule has 1 unspecified atom stereocenters. The minimum atomic E-state index is -1.18. The van der Waals surface area contributed by atoms with Crippen molar-refractivity contribution in [3.05, 3.63) is 166 Å². The molecule has 5 aliphatic rings. The second kappa shape index (κ2) is 54.1. The zero-order valence-electron chi connectivity index (χ0n) is 84.5. The summed E-state index contributed by atoms with van der Waals surface area (Å²) in [6.07, 6.45) is 7.83. The average Bonchev–Trinajstić information content (AvgIpc) is 1.59. The maximum Gasteiger partial charge on any atom is 0.315 e. The summed E-state index contributed by atoms with van der Waals surface area (Å²) in [4.78, 5) is 142. The van der Waals surface area contributed by atoms with Crippen molar-refractivity contribution in [1.29, 1.82) is 0 Å². The second-order valence-corrected chi connectivity index (χ2v) is 44.1. The summed E-state index contributed by atoms with van der Waals surface area (Å²) < 4.78 is 52.3. The van der Waals surface area contributed by atoms with E-state index in [1.54, 1.807) is 28.2 Å². The van der Waals surface area contributed by atoms with E-state index in [0.29, 0.717) is 90.2 Å². The number of rotatable bonds is 57. The first-order chi connectivity index (χ1) is 69.3. The summed E-state index contributed by atoms with van der Waals surface area (Å²) in [5.74, 6) is 0.915. The number of halogens is 2. The first-order valence-corrected chi connectivity index (χ1v) is 54.2. The number of carbonyl (C=O) groups excluding carboxylic acids is 9. The van der Waals surface area contributed by atoms with Crippen LogP contribution < -0.4 is 42.5 Å². The van der Waals surface area contributed by atoms with Crippen LogP contribution in [-0.2, 0) is 76.3 Å². The second-order valence-electron chi connectivity index (χ2n) is 38.7. The molecule has 0 spiro atoms. The van der Waals surface area contributed by atoms with Crippen LogP contribution in [0.4, 0.5) is 4.79 Å². The van der Waals surface area contributed by atoms with Gasteiger partial charge in [0.1, 0.15) is 58.5 Å². The topological polar surface area (TPSA) is 426 Å². The number of ether oxygens (including phenoxy) is 8. The number of carbonyl (C=O) groups is 9. The van der Waals surface area contributed by atoms with Crippen molar-refractivity contribution >= 4 is 134 Å². The zero-order chi connectivity index (χ0) is 103. The third-order valence-electron chi connectivity index (χ3n) is 26.1. The quantitative estimate of drug-likeness (QED) is 0.00997. The number of aromatic nitrogens is 7. The molecular weight excluding hydrogens is 1960 g/mol. The van der Waals surface area contributed by atoms with E-state index >= 15 is 4.79 Å². The lowest BCUT2D eigenvalue weighted by Gasteiger charge is -2.35. The molecule has 5 aliphatic heterocycles.